The van der Waals surface area contributed by atoms with E-state index in [1.807, 2.05) is 0 Å². The maximum absolute atomic E-state index is 11.3. The first kappa shape index (κ1) is 10.4. The van der Waals surface area contributed by atoms with Crippen molar-refractivity contribution in [1.82, 2.24) is 10.1 Å². The zero-order valence-electron chi connectivity index (χ0n) is 8.89. The van der Waals surface area contributed by atoms with E-state index in [0.29, 0.717) is 11.3 Å². The van der Waals surface area contributed by atoms with E-state index in [1.54, 1.807) is 19.9 Å². The van der Waals surface area contributed by atoms with Gasteiger partial charge in [-0.2, -0.15) is 4.98 Å². The van der Waals surface area contributed by atoms with Crippen molar-refractivity contribution in [1.29, 1.82) is 0 Å². The normalized spacial score (nSPS) is 10.4. The number of esters is 1. The van der Waals surface area contributed by atoms with E-state index < -0.39 is 5.97 Å². The molecule has 0 fully saturated rings. The molecular formula is C10H10N2O4. The van der Waals surface area contributed by atoms with E-state index in [-0.39, 0.29) is 18.3 Å². The zero-order chi connectivity index (χ0) is 11.5. The minimum atomic E-state index is -0.598. The summed E-state index contributed by atoms with van der Waals surface area (Å²) in [6, 6.07) is 1.69. The summed E-state index contributed by atoms with van der Waals surface area (Å²) in [6.45, 7) is 3.75. The second-order valence-corrected chi connectivity index (χ2v) is 3.03. The van der Waals surface area contributed by atoms with Crippen LogP contribution in [0, 0.1) is 6.92 Å². The number of aromatic nitrogens is 2. The third kappa shape index (κ3) is 1.81. The highest BCUT2D eigenvalue weighted by Crippen LogP contribution is 2.22. The Morgan fingerprint density at radius 1 is 1.56 bits per heavy atom. The number of hydrogen-bond donors (Lipinski definition) is 0. The van der Waals surface area contributed by atoms with Crippen LogP contribution in [0.1, 0.15) is 23.3 Å². The molecule has 0 aliphatic carbocycles. The lowest BCUT2D eigenvalue weighted by Gasteiger charge is -1.93. The van der Waals surface area contributed by atoms with E-state index in [2.05, 4.69) is 10.1 Å². The molecule has 0 aliphatic heterocycles. The van der Waals surface area contributed by atoms with E-state index in [0.717, 1.165) is 0 Å². The second kappa shape index (κ2) is 4.18. The molecule has 0 atom stereocenters. The predicted molar refractivity (Wildman–Crippen MR) is 52.7 cm³/mol. The number of furan rings is 1. The van der Waals surface area contributed by atoms with Crippen LogP contribution in [-0.2, 0) is 4.74 Å². The molecule has 0 spiro atoms. The Kier molecular flexibility index (Phi) is 2.72. The summed E-state index contributed by atoms with van der Waals surface area (Å²) in [5.74, 6) is 0.212. The van der Waals surface area contributed by atoms with Gasteiger partial charge in [0.25, 0.3) is 11.7 Å². The van der Waals surface area contributed by atoms with Crippen molar-refractivity contribution in [2.45, 2.75) is 13.8 Å². The fraction of sp³-hybridized carbons (Fsp3) is 0.300. The van der Waals surface area contributed by atoms with Crippen molar-refractivity contribution in [3.05, 3.63) is 23.9 Å². The number of carbonyl (C=O) groups is 1. The maximum atomic E-state index is 11.3. The summed E-state index contributed by atoms with van der Waals surface area (Å²) in [6.07, 6.45) is 1.51. The van der Waals surface area contributed by atoms with Gasteiger partial charge in [-0.3, -0.25) is 0 Å². The molecule has 2 heterocycles. The minimum Gasteiger partial charge on any atom is -0.469 e. The average molecular weight is 222 g/mol. The summed E-state index contributed by atoms with van der Waals surface area (Å²) < 4.78 is 14.8. The van der Waals surface area contributed by atoms with Crippen LogP contribution in [0.3, 0.4) is 0 Å². The standard InChI is InChI=1S/C10H10N2O4/c1-3-14-10(13)8-11-9(16-12-8)7-4-5-15-6(7)2/h4-5H,3H2,1-2H3. The van der Waals surface area contributed by atoms with E-state index >= 15 is 0 Å². The molecule has 0 N–H and O–H groups in total. The lowest BCUT2D eigenvalue weighted by molar-refractivity contribution is 0.0508. The SMILES string of the molecule is CCOC(=O)c1noc(-c2ccoc2C)n1. The Hall–Kier alpha value is -2.11. The summed E-state index contributed by atoms with van der Waals surface area (Å²) in [4.78, 5) is 15.2. The van der Waals surface area contributed by atoms with Gasteiger partial charge < -0.3 is 13.7 Å². The van der Waals surface area contributed by atoms with Crippen LogP contribution in [-0.4, -0.2) is 22.7 Å². The minimum absolute atomic E-state index is 0.0857. The Bertz CT molecular complexity index is 500. The Labute approximate surface area is 91.2 Å². The topological polar surface area (TPSA) is 78.4 Å². The molecule has 0 aliphatic rings. The Balaban J connectivity index is 2.26. The third-order valence-corrected chi connectivity index (χ3v) is 1.97. The lowest BCUT2D eigenvalue weighted by Crippen LogP contribution is -2.06. The molecule has 0 radical (unpaired) electrons. The quantitative estimate of drug-likeness (QED) is 0.737. The second-order valence-electron chi connectivity index (χ2n) is 3.03. The van der Waals surface area contributed by atoms with Crippen molar-refractivity contribution in [3.63, 3.8) is 0 Å². The van der Waals surface area contributed by atoms with Gasteiger partial charge in [-0.05, 0) is 25.1 Å². The number of carbonyl (C=O) groups excluding carboxylic acids is 1. The van der Waals surface area contributed by atoms with Crippen LogP contribution in [0.2, 0.25) is 0 Å². The molecule has 6 heteroatoms. The summed E-state index contributed by atoms with van der Waals surface area (Å²) >= 11 is 0. The van der Waals surface area contributed by atoms with Crippen LogP contribution in [0.25, 0.3) is 11.5 Å². The first-order chi connectivity index (χ1) is 7.72. The molecule has 2 aromatic rings. The lowest BCUT2D eigenvalue weighted by atomic mass is 10.3. The van der Waals surface area contributed by atoms with Gasteiger partial charge in [0.1, 0.15) is 5.76 Å². The molecule has 0 saturated carbocycles. The molecule has 0 bridgehead atoms. The molecule has 2 aromatic heterocycles. The predicted octanol–water partition coefficient (Wildman–Crippen LogP) is 1.81. The molecule has 0 saturated heterocycles. The fourth-order valence-corrected chi connectivity index (χ4v) is 1.22. The molecule has 16 heavy (non-hydrogen) atoms. The molecule has 0 aromatic carbocycles. The smallest absolute Gasteiger partial charge is 0.379 e. The monoisotopic (exact) mass is 222 g/mol. The van der Waals surface area contributed by atoms with E-state index in [1.165, 1.54) is 6.26 Å². The molecular weight excluding hydrogens is 212 g/mol. The third-order valence-electron chi connectivity index (χ3n) is 1.97. The van der Waals surface area contributed by atoms with Crippen LogP contribution in [0.5, 0.6) is 0 Å². The average Bonchev–Trinajstić information content (AvgIpc) is 2.86. The summed E-state index contributed by atoms with van der Waals surface area (Å²) in [7, 11) is 0. The highest BCUT2D eigenvalue weighted by atomic mass is 16.5. The van der Waals surface area contributed by atoms with E-state index in [9.17, 15) is 4.79 Å². The van der Waals surface area contributed by atoms with Gasteiger partial charge in [0.2, 0.25) is 0 Å². The van der Waals surface area contributed by atoms with Crippen molar-refractivity contribution in [2.24, 2.45) is 0 Å². The van der Waals surface area contributed by atoms with Crippen LogP contribution in [0.4, 0.5) is 0 Å². The van der Waals surface area contributed by atoms with Gasteiger partial charge in [-0.15, -0.1) is 0 Å². The van der Waals surface area contributed by atoms with Crippen molar-refractivity contribution >= 4 is 5.97 Å². The van der Waals surface area contributed by atoms with E-state index in [4.69, 9.17) is 13.7 Å². The fourth-order valence-electron chi connectivity index (χ4n) is 1.22. The van der Waals surface area contributed by atoms with Gasteiger partial charge in [-0.25, -0.2) is 4.79 Å². The Morgan fingerprint density at radius 2 is 2.38 bits per heavy atom. The summed E-state index contributed by atoms with van der Waals surface area (Å²) in [5.41, 5.74) is 0.669. The maximum Gasteiger partial charge on any atom is 0.379 e. The van der Waals surface area contributed by atoms with Gasteiger partial charge in [0.05, 0.1) is 18.4 Å². The number of ether oxygens (including phenoxy) is 1. The Morgan fingerprint density at radius 3 is 3.00 bits per heavy atom. The van der Waals surface area contributed by atoms with Crippen LogP contribution < -0.4 is 0 Å². The molecule has 2 rings (SSSR count). The molecule has 84 valence electrons. The number of aryl methyl sites for hydroxylation is 1. The number of rotatable bonds is 3. The highest BCUT2D eigenvalue weighted by molar-refractivity contribution is 5.85. The summed E-state index contributed by atoms with van der Waals surface area (Å²) in [5, 5.41) is 3.53. The zero-order valence-corrected chi connectivity index (χ0v) is 8.89. The van der Waals surface area contributed by atoms with Gasteiger partial charge in [0, 0.05) is 0 Å². The van der Waals surface area contributed by atoms with Crippen LogP contribution in [0.15, 0.2) is 21.3 Å². The first-order valence-corrected chi connectivity index (χ1v) is 4.77. The molecule has 0 amide bonds. The number of nitrogens with zero attached hydrogens (tertiary/aromatic N) is 2. The van der Waals surface area contributed by atoms with Crippen molar-refractivity contribution in [3.8, 4) is 11.5 Å². The largest absolute Gasteiger partial charge is 0.469 e. The first-order valence-electron chi connectivity index (χ1n) is 4.77. The van der Waals surface area contributed by atoms with Crippen molar-refractivity contribution in [2.75, 3.05) is 6.61 Å². The molecule has 6 nitrogen and oxygen atoms in total. The van der Waals surface area contributed by atoms with Gasteiger partial charge in [0.15, 0.2) is 0 Å². The van der Waals surface area contributed by atoms with Crippen molar-refractivity contribution < 1.29 is 18.5 Å². The number of hydrogen-bond acceptors (Lipinski definition) is 6. The highest BCUT2D eigenvalue weighted by Gasteiger charge is 2.18. The van der Waals surface area contributed by atoms with Crippen LogP contribution >= 0.6 is 0 Å². The van der Waals surface area contributed by atoms with Gasteiger partial charge in [-0.1, -0.05) is 0 Å². The van der Waals surface area contributed by atoms with Gasteiger partial charge >= 0.3 is 5.97 Å². The molecule has 0 unspecified atom stereocenters.